The number of anilines is 2. The molecule has 3 N–H and O–H groups in total. The van der Waals surface area contributed by atoms with E-state index in [1.807, 2.05) is 24.5 Å². The lowest BCUT2D eigenvalue weighted by Gasteiger charge is -2.20. The summed E-state index contributed by atoms with van der Waals surface area (Å²) in [6.45, 7) is 1.76. The zero-order chi connectivity index (χ0) is 26.1. The third-order valence-electron chi connectivity index (χ3n) is 5.89. The van der Waals surface area contributed by atoms with E-state index in [4.69, 9.17) is 10.5 Å². The Balaban J connectivity index is 0.000000444. The molecular formula is C27H33F3N4OS. The quantitative estimate of drug-likeness (QED) is 0.244. The molecule has 36 heavy (non-hydrogen) atoms. The molecule has 194 valence electrons. The second-order valence-electron chi connectivity index (χ2n) is 8.60. The number of ether oxygens (including phenoxy) is 1. The van der Waals surface area contributed by atoms with Gasteiger partial charge in [-0.15, -0.1) is 11.8 Å². The highest BCUT2D eigenvalue weighted by Crippen LogP contribution is 2.30. The summed E-state index contributed by atoms with van der Waals surface area (Å²) in [6.07, 6.45) is 1.88. The Morgan fingerprint density at radius 1 is 1.11 bits per heavy atom. The van der Waals surface area contributed by atoms with Crippen molar-refractivity contribution >= 4 is 34.0 Å². The molecule has 2 heterocycles. The second kappa shape index (κ2) is 12.8. The van der Waals surface area contributed by atoms with E-state index in [0.29, 0.717) is 22.3 Å². The van der Waals surface area contributed by atoms with Crippen molar-refractivity contribution in [2.24, 2.45) is 0 Å². The highest BCUT2D eigenvalue weighted by atomic mass is 32.2. The number of thioether (sulfide) groups is 1. The van der Waals surface area contributed by atoms with Crippen LogP contribution in [0.15, 0.2) is 47.4 Å². The Labute approximate surface area is 215 Å². The van der Waals surface area contributed by atoms with Gasteiger partial charge in [-0.2, -0.15) is 13.2 Å². The van der Waals surface area contributed by atoms with Gasteiger partial charge in [-0.05, 0) is 81.6 Å². The number of nitrogens with zero attached hydrogens (tertiary/aromatic N) is 2. The van der Waals surface area contributed by atoms with E-state index in [9.17, 15) is 13.2 Å². The van der Waals surface area contributed by atoms with Gasteiger partial charge in [0.1, 0.15) is 12.3 Å². The maximum Gasteiger partial charge on any atom is 0.406 e. The third-order valence-corrected chi connectivity index (χ3v) is 6.61. The lowest BCUT2D eigenvalue weighted by Crippen LogP contribution is -2.24. The summed E-state index contributed by atoms with van der Waals surface area (Å²) in [5, 5.41) is 3.69. The summed E-state index contributed by atoms with van der Waals surface area (Å²) in [6, 6.07) is 12.2. The minimum atomic E-state index is -4.36. The van der Waals surface area contributed by atoms with Gasteiger partial charge in [0.25, 0.3) is 0 Å². The minimum absolute atomic E-state index is 0.248. The van der Waals surface area contributed by atoms with Crippen LogP contribution in [-0.4, -0.2) is 55.7 Å². The van der Waals surface area contributed by atoms with Crippen molar-refractivity contribution in [2.75, 3.05) is 51.1 Å². The molecule has 1 fully saturated rings. The Hall–Kier alpha value is -2.96. The van der Waals surface area contributed by atoms with Gasteiger partial charge in [0.05, 0.1) is 30.6 Å². The number of hydrogen-bond donors (Lipinski definition) is 2. The molecule has 0 radical (unpaired) electrons. The fourth-order valence-corrected chi connectivity index (χ4v) is 4.46. The molecule has 9 heteroatoms. The molecule has 4 rings (SSSR count). The van der Waals surface area contributed by atoms with E-state index >= 15 is 0 Å². The average molecular weight is 519 g/mol. The van der Waals surface area contributed by atoms with Crippen LogP contribution >= 0.6 is 11.8 Å². The van der Waals surface area contributed by atoms with Crippen molar-refractivity contribution in [1.82, 2.24) is 9.47 Å². The zero-order valence-corrected chi connectivity index (χ0v) is 21.7. The first-order valence-corrected chi connectivity index (χ1v) is 13.0. The van der Waals surface area contributed by atoms with Gasteiger partial charge in [-0.3, -0.25) is 0 Å². The van der Waals surface area contributed by atoms with Gasteiger partial charge in [0.15, 0.2) is 0 Å². The normalized spacial score (nSPS) is 13.9. The number of nitrogens with two attached hydrogens (primary N) is 1. The minimum Gasteiger partial charge on any atom is -0.495 e. The van der Waals surface area contributed by atoms with Crippen LogP contribution in [0, 0.1) is 11.8 Å². The molecular weight excluding hydrogens is 485 g/mol. The van der Waals surface area contributed by atoms with E-state index in [0.717, 1.165) is 15.1 Å². The maximum atomic E-state index is 13.1. The molecule has 1 aromatic heterocycles. The smallest absolute Gasteiger partial charge is 0.406 e. The number of hydrogen-bond acceptors (Lipinski definition) is 5. The van der Waals surface area contributed by atoms with Gasteiger partial charge < -0.3 is 25.3 Å². The Morgan fingerprint density at radius 3 is 2.47 bits per heavy atom. The largest absolute Gasteiger partial charge is 0.495 e. The van der Waals surface area contributed by atoms with E-state index in [1.54, 1.807) is 43.1 Å². The predicted molar refractivity (Wildman–Crippen MR) is 144 cm³/mol. The summed E-state index contributed by atoms with van der Waals surface area (Å²) in [7, 11) is 3.77. The molecule has 2 aromatic carbocycles. The fraction of sp³-hybridized carbons (Fsp3) is 0.407. The van der Waals surface area contributed by atoms with Gasteiger partial charge in [0.2, 0.25) is 0 Å². The SMILES string of the molecule is CN1CCCCC1.COc1cc(SC)ccc1NCC#Cc1cc2c(N)cccc2n1CC(F)(F)F. The molecule has 1 aliphatic heterocycles. The first-order chi connectivity index (χ1) is 17.2. The number of nitrogens with one attached hydrogen (secondary N) is 1. The number of halogens is 3. The standard InChI is InChI=1S/C21H20F3N3OS.C6H13N/c1-28-20-12-15(29-2)8-9-18(20)26-10-4-5-14-11-16-17(25)6-3-7-19(16)27(14)13-21(22,23)24;1-7-5-3-2-4-6-7/h3,6-9,11-12,26H,10,13,25H2,1-2H3;2-6H2,1H3. The molecule has 1 saturated heterocycles. The van der Waals surface area contributed by atoms with Crippen molar-refractivity contribution in [1.29, 1.82) is 0 Å². The van der Waals surface area contributed by atoms with Crippen LogP contribution in [0.1, 0.15) is 25.0 Å². The molecule has 0 unspecified atom stereocenters. The molecule has 0 bridgehead atoms. The van der Waals surface area contributed by atoms with Crippen molar-refractivity contribution in [3.8, 4) is 17.6 Å². The van der Waals surface area contributed by atoms with E-state index in [2.05, 4.69) is 29.1 Å². The number of benzene rings is 2. The van der Waals surface area contributed by atoms with Crippen molar-refractivity contribution in [3.05, 3.63) is 48.2 Å². The van der Waals surface area contributed by atoms with Crippen molar-refractivity contribution in [2.45, 2.75) is 36.9 Å². The predicted octanol–water partition coefficient (Wildman–Crippen LogP) is 6.08. The molecule has 0 spiro atoms. The van der Waals surface area contributed by atoms with Gasteiger partial charge in [0, 0.05) is 16.0 Å². The third kappa shape index (κ3) is 7.77. The van der Waals surface area contributed by atoms with Crippen LogP contribution in [0.3, 0.4) is 0 Å². The molecule has 0 atom stereocenters. The van der Waals surface area contributed by atoms with Crippen LogP contribution in [0.25, 0.3) is 10.9 Å². The van der Waals surface area contributed by atoms with Gasteiger partial charge >= 0.3 is 6.18 Å². The number of likely N-dealkylation sites (tertiary alicyclic amines) is 1. The van der Waals surface area contributed by atoms with Crippen LogP contribution in [0.5, 0.6) is 5.75 Å². The van der Waals surface area contributed by atoms with Gasteiger partial charge in [-0.1, -0.05) is 18.4 Å². The number of alkyl halides is 3. The van der Waals surface area contributed by atoms with Crippen molar-refractivity contribution < 1.29 is 17.9 Å². The number of piperidine rings is 1. The van der Waals surface area contributed by atoms with E-state index in [1.165, 1.54) is 32.4 Å². The lowest BCUT2D eigenvalue weighted by atomic mass is 10.1. The topological polar surface area (TPSA) is 55.4 Å². The number of nitrogen functional groups attached to an aromatic ring is 1. The van der Waals surface area contributed by atoms with Crippen LogP contribution < -0.4 is 15.8 Å². The highest BCUT2D eigenvalue weighted by molar-refractivity contribution is 7.98. The lowest BCUT2D eigenvalue weighted by molar-refractivity contribution is -0.140. The van der Waals surface area contributed by atoms with E-state index < -0.39 is 12.7 Å². The van der Waals surface area contributed by atoms with Crippen molar-refractivity contribution in [3.63, 3.8) is 0 Å². The number of methoxy groups -OCH3 is 1. The zero-order valence-electron chi connectivity index (χ0n) is 20.9. The average Bonchev–Trinajstić information content (AvgIpc) is 3.19. The van der Waals surface area contributed by atoms with Crippen LogP contribution in [0.4, 0.5) is 24.5 Å². The summed E-state index contributed by atoms with van der Waals surface area (Å²) in [5.74, 6) is 6.40. The first-order valence-electron chi connectivity index (χ1n) is 11.8. The summed E-state index contributed by atoms with van der Waals surface area (Å²) < 4.78 is 45.7. The Kier molecular flexibility index (Phi) is 9.85. The van der Waals surface area contributed by atoms with Gasteiger partial charge in [-0.25, -0.2) is 0 Å². The molecule has 1 aliphatic rings. The molecule has 0 amide bonds. The number of aromatic nitrogens is 1. The Bertz CT molecular complexity index is 1210. The summed E-state index contributed by atoms with van der Waals surface area (Å²) in [4.78, 5) is 3.46. The number of fused-ring (bicyclic) bond motifs is 1. The Morgan fingerprint density at radius 2 is 1.86 bits per heavy atom. The summed E-state index contributed by atoms with van der Waals surface area (Å²) in [5.41, 5.74) is 7.78. The number of rotatable bonds is 5. The summed E-state index contributed by atoms with van der Waals surface area (Å²) >= 11 is 1.60. The second-order valence-corrected chi connectivity index (χ2v) is 9.48. The van der Waals surface area contributed by atoms with E-state index in [-0.39, 0.29) is 12.2 Å². The molecule has 5 nitrogen and oxygen atoms in total. The molecule has 0 aliphatic carbocycles. The maximum absolute atomic E-state index is 13.1. The highest BCUT2D eigenvalue weighted by Gasteiger charge is 2.29. The molecule has 3 aromatic rings. The van der Waals surface area contributed by atoms with Crippen LogP contribution in [0.2, 0.25) is 0 Å². The first kappa shape index (κ1) is 27.6. The van der Waals surface area contributed by atoms with Crippen LogP contribution in [-0.2, 0) is 6.54 Å². The monoisotopic (exact) mass is 518 g/mol. The fourth-order valence-electron chi connectivity index (χ4n) is 4.03. The molecule has 0 saturated carbocycles.